The zero-order valence-electron chi connectivity index (χ0n) is 17.0. The fourth-order valence-corrected chi connectivity index (χ4v) is 4.98. The Morgan fingerprint density at radius 3 is 2.31 bits per heavy atom. The third-order valence-corrected chi connectivity index (χ3v) is 6.43. The van der Waals surface area contributed by atoms with Gasteiger partial charge in [-0.15, -0.1) is 0 Å². The maximum Gasteiger partial charge on any atom is 0.410 e. The van der Waals surface area contributed by atoms with Crippen molar-refractivity contribution in [1.82, 2.24) is 4.90 Å². The Morgan fingerprint density at radius 1 is 0.966 bits per heavy atom. The molecule has 2 fully saturated rings. The van der Waals surface area contributed by atoms with Crippen molar-refractivity contribution in [2.24, 2.45) is 5.92 Å². The van der Waals surface area contributed by atoms with Crippen LogP contribution < -0.4 is 0 Å². The molecule has 152 valence electrons. The third kappa shape index (κ3) is 4.21. The maximum atomic E-state index is 13.3. The Bertz CT molecular complexity index is 849. The van der Waals surface area contributed by atoms with E-state index in [1.165, 1.54) is 0 Å². The average molecular weight is 392 g/mol. The highest BCUT2D eigenvalue weighted by molar-refractivity contribution is 5.99. The van der Waals surface area contributed by atoms with Crippen LogP contribution in [0.3, 0.4) is 0 Å². The summed E-state index contributed by atoms with van der Waals surface area (Å²) in [6, 6.07) is 17.9. The molecule has 0 saturated carbocycles. The summed E-state index contributed by atoms with van der Waals surface area (Å²) in [5.41, 5.74) is 2.97. The van der Waals surface area contributed by atoms with Crippen LogP contribution in [0.2, 0.25) is 0 Å². The van der Waals surface area contributed by atoms with Gasteiger partial charge < -0.3 is 9.64 Å². The van der Waals surface area contributed by atoms with E-state index >= 15 is 0 Å². The lowest BCUT2D eigenvalue weighted by Crippen LogP contribution is -2.55. The van der Waals surface area contributed by atoms with E-state index in [1.807, 2.05) is 59.5 Å². The lowest BCUT2D eigenvalue weighted by atomic mass is 9.75. The molecule has 4 heteroatoms. The third-order valence-electron chi connectivity index (χ3n) is 6.43. The molecule has 2 heterocycles. The standard InChI is InChI=1S/C25H29NO3/c1-2-19-11-6-7-14-23(19)24(27)20-15-21-12-8-13-22(16-20)26(21)25(28)29-17-18-9-4-3-5-10-18/h3-7,9-11,14,20-22H,2,8,12-13,15-17H2,1H3. The van der Waals surface area contributed by atoms with Crippen molar-refractivity contribution < 1.29 is 14.3 Å². The first kappa shape index (κ1) is 19.7. The first-order valence-corrected chi connectivity index (χ1v) is 10.8. The minimum Gasteiger partial charge on any atom is -0.445 e. The lowest BCUT2D eigenvalue weighted by molar-refractivity contribution is 0.00471. The molecule has 2 aromatic carbocycles. The van der Waals surface area contributed by atoms with Gasteiger partial charge in [0, 0.05) is 23.6 Å². The van der Waals surface area contributed by atoms with E-state index in [1.54, 1.807) is 0 Å². The van der Waals surface area contributed by atoms with Crippen LogP contribution in [0.15, 0.2) is 54.6 Å². The van der Waals surface area contributed by atoms with Gasteiger partial charge in [0.1, 0.15) is 6.61 Å². The molecule has 29 heavy (non-hydrogen) atoms. The second kappa shape index (κ2) is 8.81. The molecule has 2 aliphatic rings. The van der Waals surface area contributed by atoms with Gasteiger partial charge in [-0.1, -0.05) is 61.5 Å². The Labute approximate surface area is 172 Å². The van der Waals surface area contributed by atoms with Gasteiger partial charge in [-0.2, -0.15) is 0 Å². The van der Waals surface area contributed by atoms with Crippen LogP contribution in [0.4, 0.5) is 4.79 Å². The van der Waals surface area contributed by atoms with Gasteiger partial charge in [0.25, 0.3) is 0 Å². The van der Waals surface area contributed by atoms with Gasteiger partial charge >= 0.3 is 6.09 Å². The Morgan fingerprint density at radius 2 is 1.62 bits per heavy atom. The van der Waals surface area contributed by atoms with Crippen molar-refractivity contribution in [2.75, 3.05) is 0 Å². The van der Waals surface area contributed by atoms with Gasteiger partial charge in [0.15, 0.2) is 5.78 Å². The zero-order chi connectivity index (χ0) is 20.2. The number of nitrogens with zero attached hydrogens (tertiary/aromatic N) is 1. The predicted octanol–water partition coefficient (Wildman–Crippen LogP) is 5.40. The second-order valence-corrected chi connectivity index (χ2v) is 8.23. The highest BCUT2D eigenvalue weighted by Gasteiger charge is 2.43. The van der Waals surface area contributed by atoms with Crippen LogP contribution >= 0.6 is 0 Å². The molecule has 2 bridgehead atoms. The molecule has 0 N–H and O–H groups in total. The van der Waals surface area contributed by atoms with Crippen LogP contribution in [0.1, 0.15) is 60.5 Å². The molecule has 2 aromatic rings. The molecule has 0 radical (unpaired) electrons. The van der Waals surface area contributed by atoms with Gasteiger partial charge in [-0.25, -0.2) is 4.79 Å². The average Bonchev–Trinajstić information content (AvgIpc) is 2.76. The summed E-state index contributed by atoms with van der Waals surface area (Å²) < 4.78 is 5.62. The predicted molar refractivity (Wildman–Crippen MR) is 113 cm³/mol. The molecule has 2 aliphatic heterocycles. The largest absolute Gasteiger partial charge is 0.445 e. The molecule has 2 unspecified atom stereocenters. The normalized spacial score (nSPS) is 23.5. The van der Waals surface area contributed by atoms with Crippen LogP contribution in [-0.2, 0) is 17.8 Å². The summed E-state index contributed by atoms with van der Waals surface area (Å²) in [6.07, 6.45) is 5.14. The number of ether oxygens (including phenoxy) is 1. The number of benzene rings is 2. The van der Waals surface area contributed by atoms with E-state index in [-0.39, 0.29) is 29.9 Å². The van der Waals surface area contributed by atoms with Crippen LogP contribution in [0.5, 0.6) is 0 Å². The van der Waals surface area contributed by atoms with Gasteiger partial charge in [0.2, 0.25) is 0 Å². The number of carbonyl (C=O) groups is 2. The Kier molecular flexibility index (Phi) is 5.98. The summed E-state index contributed by atoms with van der Waals surface area (Å²) in [5.74, 6) is 0.243. The molecule has 2 atom stereocenters. The van der Waals surface area contributed by atoms with Crippen molar-refractivity contribution in [3.05, 3.63) is 71.3 Å². The highest BCUT2D eigenvalue weighted by atomic mass is 16.6. The number of piperidine rings is 2. The summed E-state index contributed by atoms with van der Waals surface area (Å²) >= 11 is 0. The number of fused-ring (bicyclic) bond motifs is 2. The van der Waals surface area contributed by atoms with E-state index in [0.29, 0.717) is 6.61 Å². The summed E-state index contributed by atoms with van der Waals surface area (Å²) in [4.78, 5) is 28.0. The quantitative estimate of drug-likeness (QED) is 0.641. The van der Waals surface area contributed by atoms with Gasteiger partial charge in [0.05, 0.1) is 0 Å². The fourth-order valence-electron chi connectivity index (χ4n) is 4.98. The highest BCUT2D eigenvalue weighted by Crippen LogP contribution is 2.39. The SMILES string of the molecule is CCc1ccccc1C(=O)C1CC2CCCC(C1)N2C(=O)OCc1ccccc1. The maximum absolute atomic E-state index is 13.3. The van der Waals surface area contributed by atoms with Crippen molar-refractivity contribution in [2.45, 2.75) is 64.1 Å². The number of rotatable bonds is 5. The molecule has 1 amide bonds. The van der Waals surface area contributed by atoms with E-state index < -0.39 is 0 Å². The molecule has 4 rings (SSSR count). The first-order chi connectivity index (χ1) is 14.2. The monoisotopic (exact) mass is 391 g/mol. The van der Waals surface area contributed by atoms with Crippen molar-refractivity contribution in [3.8, 4) is 0 Å². The van der Waals surface area contributed by atoms with Crippen molar-refractivity contribution >= 4 is 11.9 Å². The van der Waals surface area contributed by atoms with Crippen molar-refractivity contribution in [3.63, 3.8) is 0 Å². The second-order valence-electron chi connectivity index (χ2n) is 8.23. The van der Waals surface area contributed by atoms with Gasteiger partial charge in [-0.3, -0.25) is 4.79 Å². The number of hydrogen-bond acceptors (Lipinski definition) is 3. The number of hydrogen-bond donors (Lipinski definition) is 0. The smallest absolute Gasteiger partial charge is 0.410 e. The number of carbonyl (C=O) groups excluding carboxylic acids is 2. The Hall–Kier alpha value is -2.62. The number of aryl methyl sites for hydroxylation is 1. The summed E-state index contributed by atoms with van der Waals surface area (Å²) in [6.45, 7) is 2.38. The molecular weight excluding hydrogens is 362 g/mol. The summed E-state index contributed by atoms with van der Waals surface area (Å²) in [7, 11) is 0. The van der Waals surface area contributed by atoms with Crippen molar-refractivity contribution in [1.29, 1.82) is 0 Å². The molecule has 0 aromatic heterocycles. The zero-order valence-corrected chi connectivity index (χ0v) is 17.0. The molecule has 0 spiro atoms. The van der Waals surface area contributed by atoms with Crippen LogP contribution in [-0.4, -0.2) is 28.9 Å². The van der Waals surface area contributed by atoms with Crippen LogP contribution in [0, 0.1) is 5.92 Å². The molecular formula is C25H29NO3. The topological polar surface area (TPSA) is 46.6 Å². The van der Waals surface area contributed by atoms with E-state index in [9.17, 15) is 9.59 Å². The summed E-state index contributed by atoms with van der Waals surface area (Å²) in [5, 5.41) is 0. The van der Waals surface area contributed by atoms with E-state index in [2.05, 4.69) is 6.92 Å². The molecule has 4 nitrogen and oxygen atoms in total. The fraction of sp³-hybridized carbons (Fsp3) is 0.440. The number of Topliss-reactive ketones (excluding diaryl/α,β-unsaturated/α-hetero) is 1. The first-order valence-electron chi connectivity index (χ1n) is 10.8. The molecule has 0 aliphatic carbocycles. The lowest BCUT2D eigenvalue weighted by Gasteiger charge is -2.47. The van der Waals surface area contributed by atoms with Gasteiger partial charge in [-0.05, 0) is 49.7 Å². The number of amides is 1. The number of ketones is 1. The van der Waals surface area contributed by atoms with E-state index in [4.69, 9.17) is 4.74 Å². The minimum absolute atomic E-state index is 0.00354. The molecule has 2 saturated heterocycles. The minimum atomic E-state index is -0.233. The van der Waals surface area contributed by atoms with Crippen LogP contribution in [0.25, 0.3) is 0 Å². The van der Waals surface area contributed by atoms with E-state index in [0.717, 1.165) is 55.2 Å². The Balaban J connectivity index is 1.45.